The third-order valence-corrected chi connectivity index (χ3v) is 1.56. The smallest absolute Gasteiger partial charge is 0.163 e. The van der Waals surface area contributed by atoms with E-state index in [0.29, 0.717) is 5.56 Å². The highest BCUT2D eigenvalue weighted by Gasteiger charge is 2.03. The monoisotopic (exact) mass is 152 g/mol. The van der Waals surface area contributed by atoms with Gasteiger partial charge in [0, 0.05) is 6.42 Å². The Morgan fingerprint density at radius 2 is 2.36 bits per heavy atom. The van der Waals surface area contributed by atoms with Crippen LogP contribution in [-0.2, 0) is 6.42 Å². The van der Waals surface area contributed by atoms with E-state index in [1.165, 1.54) is 6.26 Å². The minimum atomic E-state index is 0.0658. The van der Waals surface area contributed by atoms with Gasteiger partial charge in [-0.1, -0.05) is 6.92 Å². The molecule has 11 heavy (non-hydrogen) atoms. The summed E-state index contributed by atoms with van der Waals surface area (Å²) in [6.07, 6.45) is 3.48. The highest BCUT2D eigenvalue weighted by atomic mass is 16.3. The highest BCUT2D eigenvalue weighted by molar-refractivity contribution is 5.93. The normalized spacial score (nSPS) is 10.0. The van der Waals surface area contributed by atoms with Gasteiger partial charge in [0.1, 0.15) is 12.0 Å². The van der Waals surface area contributed by atoms with Crippen molar-refractivity contribution in [3.8, 4) is 0 Å². The van der Waals surface area contributed by atoms with Gasteiger partial charge in [-0.2, -0.15) is 0 Å². The van der Waals surface area contributed by atoms with Crippen LogP contribution in [0.1, 0.15) is 36.4 Å². The number of hydrogen-bond donors (Lipinski definition) is 0. The first kappa shape index (κ1) is 8.05. The maximum absolute atomic E-state index is 10.8. The van der Waals surface area contributed by atoms with Gasteiger partial charge in [0.2, 0.25) is 0 Å². The van der Waals surface area contributed by atoms with Crippen molar-refractivity contribution >= 4 is 5.78 Å². The molecule has 0 spiro atoms. The maximum Gasteiger partial charge on any atom is 0.163 e. The summed E-state index contributed by atoms with van der Waals surface area (Å²) in [5.74, 6) is 0.966. The molecule has 0 aliphatic rings. The molecule has 0 radical (unpaired) electrons. The zero-order valence-electron chi connectivity index (χ0n) is 6.89. The lowest BCUT2D eigenvalue weighted by Gasteiger charge is -1.86. The topological polar surface area (TPSA) is 30.2 Å². The third-order valence-electron chi connectivity index (χ3n) is 1.56. The molecular formula is C9H12O2. The summed E-state index contributed by atoms with van der Waals surface area (Å²) < 4.78 is 5.15. The van der Waals surface area contributed by atoms with Crippen LogP contribution in [0.4, 0.5) is 0 Å². The molecule has 1 heterocycles. The van der Waals surface area contributed by atoms with Crippen molar-refractivity contribution in [2.75, 3.05) is 0 Å². The number of furan rings is 1. The predicted octanol–water partition coefficient (Wildman–Crippen LogP) is 2.43. The van der Waals surface area contributed by atoms with Crippen molar-refractivity contribution < 1.29 is 9.21 Å². The molecule has 2 heteroatoms. The van der Waals surface area contributed by atoms with Crippen molar-refractivity contribution in [2.24, 2.45) is 0 Å². The van der Waals surface area contributed by atoms with Gasteiger partial charge in [0.05, 0.1) is 5.56 Å². The quantitative estimate of drug-likeness (QED) is 0.622. The van der Waals surface area contributed by atoms with Gasteiger partial charge < -0.3 is 4.42 Å². The van der Waals surface area contributed by atoms with Crippen molar-refractivity contribution in [1.29, 1.82) is 0 Å². The molecule has 0 amide bonds. The first-order chi connectivity index (χ1) is 5.24. The van der Waals surface area contributed by atoms with E-state index in [-0.39, 0.29) is 5.78 Å². The number of aryl methyl sites for hydroxylation is 1. The molecule has 0 bridgehead atoms. The lowest BCUT2D eigenvalue weighted by atomic mass is 10.2. The minimum absolute atomic E-state index is 0.0658. The van der Waals surface area contributed by atoms with Crippen LogP contribution in [0.2, 0.25) is 0 Å². The van der Waals surface area contributed by atoms with Crippen LogP contribution in [0.15, 0.2) is 16.7 Å². The average Bonchev–Trinajstić information content (AvgIpc) is 2.37. The van der Waals surface area contributed by atoms with Crippen LogP contribution in [0, 0.1) is 0 Å². The van der Waals surface area contributed by atoms with Gasteiger partial charge in [-0.25, -0.2) is 0 Å². The lowest BCUT2D eigenvalue weighted by Crippen LogP contribution is -1.86. The van der Waals surface area contributed by atoms with Crippen molar-refractivity contribution in [1.82, 2.24) is 0 Å². The van der Waals surface area contributed by atoms with Crippen LogP contribution in [-0.4, -0.2) is 5.78 Å². The van der Waals surface area contributed by atoms with Gasteiger partial charge in [0.15, 0.2) is 5.78 Å². The van der Waals surface area contributed by atoms with E-state index in [1.54, 1.807) is 6.92 Å². The van der Waals surface area contributed by atoms with Crippen LogP contribution in [0.25, 0.3) is 0 Å². The summed E-state index contributed by atoms with van der Waals surface area (Å²) in [6, 6.07) is 1.81. The van der Waals surface area contributed by atoms with E-state index < -0.39 is 0 Å². The zero-order valence-corrected chi connectivity index (χ0v) is 6.89. The summed E-state index contributed by atoms with van der Waals surface area (Å²) in [4.78, 5) is 10.8. The van der Waals surface area contributed by atoms with Crippen molar-refractivity contribution in [3.63, 3.8) is 0 Å². The van der Waals surface area contributed by atoms with Crippen LogP contribution in [0.5, 0.6) is 0 Å². The first-order valence-electron chi connectivity index (χ1n) is 3.82. The van der Waals surface area contributed by atoms with Gasteiger partial charge in [-0.05, 0) is 19.4 Å². The highest BCUT2D eigenvalue weighted by Crippen LogP contribution is 2.09. The molecular weight excluding hydrogens is 140 g/mol. The third kappa shape index (κ3) is 1.93. The Labute approximate surface area is 66.2 Å². The standard InChI is InChI=1S/C9H12O2/c1-3-4-9-5-8(6-11-9)7(2)10/h5-6H,3-4H2,1-2H3. The molecule has 0 unspecified atom stereocenters. The molecule has 1 aromatic rings. The van der Waals surface area contributed by atoms with E-state index >= 15 is 0 Å². The van der Waals surface area contributed by atoms with Crippen LogP contribution in [0.3, 0.4) is 0 Å². The maximum atomic E-state index is 10.8. The Morgan fingerprint density at radius 3 is 2.82 bits per heavy atom. The van der Waals surface area contributed by atoms with E-state index in [2.05, 4.69) is 6.92 Å². The number of ketones is 1. The molecule has 0 aromatic carbocycles. The van der Waals surface area contributed by atoms with Gasteiger partial charge in [-0.15, -0.1) is 0 Å². The largest absolute Gasteiger partial charge is 0.469 e. The second kappa shape index (κ2) is 3.37. The Morgan fingerprint density at radius 1 is 1.64 bits per heavy atom. The lowest BCUT2D eigenvalue weighted by molar-refractivity contribution is 0.101. The van der Waals surface area contributed by atoms with E-state index in [4.69, 9.17) is 4.42 Å². The Kier molecular flexibility index (Phi) is 2.47. The fourth-order valence-corrected chi connectivity index (χ4v) is 0.943. The molecule has 0 saturated carbocycles. The summed E-state index contributed by atoms with van der Waals surface area (Å²) in [7, 11) is 0. The van der Waals surface area contributed by atoms with Crippen molar-refractivity contribution in [3.05, 3.63) is 23.7 Å². The molecule has 2 nitrogen and oxygen atoms in total. The average molecular weight is 152 g/mol. The summed E-state index contributed by atoms with van der Waals surface area (Å²) in [6.45, 7) is 3.62. The van der Waals surface area contributed by atoms with E-state index in [1.807, 2.05) is 6.07 Å². The fourth-order valence-electron chi connectivity index (χ4n) is 0.943. The van der Waals surface area contributed by atoms with Gasteiger partial charge >= 0.3 is 0 Å². The van der Waals surface area contributed by atoms with Crippen molar-refractivity contribution in [2.45, 2.75) is 26.7 Å². The SMILES string of the molecule is CCCc1cc(C(C)=O)co1. The molecule has 0 aliphatic carbocycles. The minimum Gasteiger partial charge on any atom is -0.469 e. The predicted molar refractivity (Wildman–Crippen MR) is 42.7 cm³/mol. The number of hydrogen-bond acceptors (Lipinski definition) is 2. The second-order valence-electron chi connectivity index (χ2n) is 2.61. The molecule has 1 aromatic heterocycles. The van der Waals surface area contributed by atoms with Gasteiger partial charge in [0.25, 0.3) is 0 Å². The molecule has 0 atom stereocenters. The number of rotatable bonds is 3. The molecule has 0 N–H and O–H groups in total. The number of carbonyl (C=O) groups excluding carboxylic acids is 1. The fraction of sp³-hybridized carbons (Fsp3) is 0.444. The van der Waals surface area contributed by atoms with E-state index in [9.17, 15) is 4.79 Å². The zero-order chi connectivity index (χ0) is 8.27. The molecule has 0 aliphatic heterocycles. The molecule has 0 fully saturated rings. The van der Waals surface area contributed by atoms with Crippen LogP contribution < -0.4 is 0 Å². The summed E-state index contributed by atoms with van der Waals surface area (Å²) in [5, 5.41) is 0. The molecule has 1 rings (SSSR count). The van der Waals surface area contributed by atoms with Crippen LogP contribution >= 0.6 is 0 Å². The summed E-state index contributed by atoms with van der Waals surface area (Å²) >= 11 is 0. The molecule has 0 saturated heterocycles. The Bertz CT molecular complexity index is 248. The molecule has 60 valence electrons. The van der Waals surface area contributed by atoms with E-state index in [0.717, 1.165) is 18.6 Å². The Balaban J connectivity index is 2.73. The number of carbonyl (C=O) groups is 1. The summed E-state index contributed by atoms with van der Waals surface area (Å²) in [5.41, 5.74) is 0.674. The number of Topliss-reactive ketones (excluding diaryl/α,β-unsaturated/α-hetero) is 1. The Hall–Kier alpha value is -1.05. The van der Waals surface area contributed by atoms with Gasteiger partial charge in [-0.3, -0.25) is 4.79 Å². The second-order valence-corrected chi connectivity index (χ2v) is 2.61. The first-order valence-corrected chi connectivity index (χ1v) is 3.82.